The second-order valence-corrected chi connectivity index (χ2v) is 6.48. The molecule has 134 valence electrons. The Labute approximate surface area is 165 Å². The van der Waals surface area contributed by atoms with Crippen LogP contribution < -0.4 is 14.8 Å². The molecule has 1 N–H and O–H groups in total. The topological polar surface area (TPSA) is 71.3 Å². The van der Waals surface area contributed by atoms with Crippen molar-refractivity contribution in [2.75, 3.05) is 14.2 Å². The summed E-state index contributed by atoms with van der Waals surface area (Å²) in [5, 5.41) is 12.4. The number of nitrogens with zero attached hydrogens (tertiary/aromatic N) is 1. The first-order valence-electron chi connectivity index (χ1n) is 7.54. The lowest BCUT2D eigenvalue weighted by molar-refractivity contribution is -0.117. The zero-order valence-corrected chi connectivity index (χ0v) is 16.5. The van der Waals surface area contributed by atoms with E-state index in [0.717, 1.165) is 11.3 Å². The number of benzene rings is 2. The number of hydrogen-bond acceptors (Lipinski definition) is 4. The maximum absolute atomic E-state index is 12.3. The number of ether oxygens (including phenoxy) is 2. The van der Waals surface area contributed by atoms with Gasteiger partial charge in [-0.1, -0.05) is 23.7 Å². The van der Waals surface area contributed by atoms with Gasteiger partial charge in [0.05, 0.1) is 23.7 Å². The van der Waals surface area contributed by atoms with E-state index < -0.39 is 5.91 Å². The van der Waals surface area contributed by atoms with E-state index in [-0.39, 0.29) is 5.57 Å². The Morgan fingerprint density at radius 3 is 2.50 bits per heavy atom. The molecular weight excluding hydrogens is 420 g/mol. The molecule has 0 aliphatic rings. The number of carbonyl (C=O) groups excluding carboxylic acids is 1. The Hall–Kier alpha value is -2.49. The van der Waals surface area contributed by atoms with Gasteiger partial charge in [0.15, 0.2) is 5.75 Å². The molecular formula is C19H16BrClN2O3. The van der Waals surface area contributed by atoms with Crippen LogP contribution in [0, 0.1) is 11.3 Å². The zero-order chi connectivity index (χ0) is 19.1. The molecule has 0 saturated carbocycles. The van der Waals surface area contributed by atoms with Gasteiger partial charge in [0.2, 0.25) is 0 Å². The Morgan fingerprint density at radius 2 is 1.96 bits per heavy atom. The fraction of sp³-hybridized carbons (Fsp3) is 0.158. The first kappa shape index (κ1) is 19.8. The molecule has 0 aliphatic carbocycles. The van der Waals surface area contributed by atoms with Crippen LogP contribution in [-0.4, -0.2) is 20.1 Å². The van der Waals surface area contributed by atoms with Crippen LogP contribution in [0.2, 0.25) is 5.02 Å². The van der Waals surface area contributed by atoms with Crippen molar-refractivity contribution < 1.29 is 14.3 Å². The Balaban J connectivity index is 2.12. The maximum atomic E-state index is 12.3. The molecule has 0 spiro atoms. The highest BCUT2D eigenvalue weighted by Crippen LogP contribution is 2.34. The van der Waals surface area contributed by atoms with E-state index >= 15 is 0 Å². The van der Waals surface area contributed by atoms with Crippen molar-refractivity contribution in [1.82, 2.24) is 5.32 Å². The van der Waals surface area contributed by atoms with E-state index in [4.69, 9.17) is 21.1 Å². The first-order chi connectivity index (χ1) is 12.5. The molecule has 0 aromatic heterocycles. The molecule has 0 aliphatic heterocycles. The van der Waals surface area contributed by atoms with E-state index in [1.54, 1.807) is 31.4 Å². The first-order valence-corrected chi connectivity index (χ1v) is 8.71. The molecule has 0 saturated heterocycles. The van der Waals surface area contributed by atoms with Crippen molar-refractivity contribution in [3.05, 3.63) is 62.6 Å². The van der Waals surface area contributed by atoms with Crippen molar-refractivity contribution in [3.63, 3.8) is 0 Å². The van der Waals surface area contributed by atoms with Crippen molar-refractivity contribution in [3.8, 4) is 17.6 Å². The highest BCUT2D eigenvalue weighted by atomic mass is 79.9. The minimum absolute atomic E-state index is 0.0216. The summed E-state index contributed by atoms with van der Waals surface area (Å²) in [5.41, 5.74) is 1.48. The van der Waals surface area contributed by atoms with Gasteiger partial charge in [-0.05, 0) is 57.4 Å². The van der Waals surface area contributed by atoms with Gasteiger partial charge in [-0.25, -0.2) is 0 Å². The van der Waals surface area contributed by atoms with E-state index in [1.807, 2.05) is 18.2 Å². The fourth-order valence-electron chi connectivity index (χ4n) is 2.19. The third-order valence-corrected chi connectivity index (χ3v) is 4.38. The second kappa shape index (κ2) is 9.27. The van der Waals surface area contributed by atoms with Gasteiger partial charge in [0.1, 0.15) is 17.4 Å². The molecule has 0 radical (unpaired) electrons. The van der Waals surface area contributed by atoms with Crippen LogP contribution in [0.15, 0.2) is 46.4 Å². The molecule has 1 amide bonds. The quantitative estimate of drug-likeness (QED) is 0.541. The lowest BCUT2D eigenvalue weighted by Gasteiger charge is -2.08. The molecule has 2 rings (SSSR count). The van der Waals surface area contributed by atoms with E-state index in [2.05, 4.69) is 21.2 Å². The second-order valence-electron chi connectivity index (χ2n) is 5.22. The van der Waals surface area contributed by atoms with Gasteiger partial charge in [-0.15, -0.1) is 0 Å². The van der Waals surface area contributed by atoms with Gasteiger partial charge >= 0.3 is 0 Å². The minimum atomic E-state index is -0.466. The summed E-state index contributed by atoms with van der Waals surface area (Å²) < 4.78 is 10.9. The highest BCUT2D eigenvalue weighted by Gasteiger charge is 2.12. The van der Waals surface area contributed by atoms with Crippen LogP contribution in [0.25, 0.3) is 6.08 Å². The van der Waals surface area contributed by atoms with E-state index in [0.29, 0.717) is 27.4 Å². The lowest BCUT2D eigenvalue weighted by Crippen LogP contribution is -2.23. The van der Waals surface area contributed by atoms with Crippen LogP contribution in [0.5, 0.6) is 11.5 Å². The molecule has 7 heteroatoms. The van der Waals surface area contributed by atoms with E-state index in [9.17, 15) is 10.1 Å². The van der Waals surface area contributed by atoms with Gasteiger partial charge in [-0.2, -0.15) is 5.26 Å². The smallest absolute Gasteiger partial charge is 0.262 e. The van der Waals surface area contributed by atoms with Gasteiger partial charge in [-0.3, -0.25) is 4.79 Å². The van der Waals surface area contributed by atoms with Crippen molar-refractivity contribution in [2.24, 2.45) is 0 Å². The van der Waals surface area contributed by atoms with Crippen molar-refractivity contribution >= 4 is 39.5 Å². The van der Waals surface area contributed by atoms with Crippen LogP contribution in [0.1, 0.15) is 11.1 Å². The molecule has 2 aromatic rings. The predicted molar refractivity (Wildman–Crippen MR) is 104 cm³/mol. The predicted octanol–water partition coefficient (Wildman–Crippen LogP) is 4.34. The number of methoxy groups -OCH3 is 2. The molecule has 0 bridgehead atoms. The average Bonchev–Trinajstić information content (AvgIpc) is 2.64. The van der Waals surface area contributed by atoms with Gasteiger partial charge in [0.25, 0.3) is 5.91 Å². The number of hydrogen-bond donors (Lipinski definition) is 1. The normalized spacial score (nSPS) is 10.8. The summed E-state index contributed by atoms with van der Waals surface area (Å²) >= 11 is 9.48. The third-order valence-electron chi connectivity index (χ3n) is 3.51. The fourth-order valence-corrected chi connectivity index (χ4v) is 3.25. The summed E-state index contributed by atoms with van der Waals surface area (Å²) in [6.07, 6.45) is 1.47. The number of nitrogens with one attached hydrogen (secondary N) is 1. The van der Waals surface area contributed by atoms with Crippen LogP contribution >= 0.6 is 27.5 Å². The summed E-state index contributed by atoms with van der Waals surface area (Å²) in [6, 6.07) is 12.6. The summed E-state index contributed by atoms with van der Waals surface area (Å²) in [6.45, 7) is 0.301. The largest absolute Gasteiger partial charge is 0.497 e. The van der Waals surface area contributed by atoms with Gasteiger partial charge in [0, 0.05) is 6.54 Å². The standard InChI is InChI=1S/C19H16BrClN2O3/c1-25-15-5-3-12(4-6-15)11-23-19(24)14(10-22)7-13-8-16(20)18(26-2)17(21)9-13/h3-9H,11H2,1-2H3,(H,23,24)/b14-7-. The average molecular weight is 436 g/mol. The molecule has 5 nitrogen and oxygen atoms in total. The number of carbonyl (C=O) groups is 1. The number of nitriles is 1. The molecule has 0 atom stereocenters. The minimum Gasteiger partial charge on any atom is -0.497 e. The molecule has 26 heavy (non-hydrogen) atoms. The Kier molecular flexibility index (Phi) is 7.07. The lowest BCUT2D eigenvalue weighted by atomic mass is 10.1. The summed E-state index contributed by atoms with van der Waals surface area (Å²) in [4.78, 5) is 12.3. The van der Waals surface area contributed by atoms with Gasteiger partial charge < -0.3 is 14.8 Å². The molecule has 0 heterocycles. The van der Waals surface area contributed by atoms with E-state index in [1.165, 1.54) is 13.2 Å². The number of halogens is 2. The van der Waals surface area contributed by atoms with Crippen LogP contribution in [0.4, 0.5) is 0 Å². The Bertz CT molecular complexity index is 850. The third kappa shape index (κ3) is 5.01. The van der Waals surface area contributed by atoms with Crippen molar-refractivity contribution in [2.45, 2.75) is 6.54 Å². The summed E-state index contributed by atoms with van der Waals surface area (Å²) in [7, 11) is 3.10. The number of amides is 1. The van der Waals surface area contributed by atoms with Crippen LogP contribution in [-0.2, 0) is 11.3 Å². The SMILES string of the molecule is COc1ccc(CNC(=O)/C(C#N)=C\c2cc(Cl)c(OC)c(Br)c2)cc1. The zero-order valence-electron chi connectivity index (χ0n) is 14.2. The van der Waals surface area contributed by atoms with Crippen LogP contribution in [0.3, 0.4) is 0 Å². The number of rotatable bonds is 6. The molecule has 2 aromatic carbocycles. The molecule has 0 fully saturated rings. The monoisotopic (exact) mass is 434 g/mol. The Morgan fingerprint density at radius 1 is 1.27 bits per heavy atom. The van der Waals surface area contributed by atoms with Crippen molar-refractivity contribution in [1.29, 1.82) is 5.26 Å². The highest BCUT2D eigenvalue weighted by molar-refractivity contribution is 9.10. The molecule has 0 unspecified atom stereocenters. The maximum Gasteiger partial charge on any atom is 0.262 e. The summed E-state index contributed by atoms with van der Waals surface area (Å²) in [5.74, 6) is 0.761.